The molecule has 0 bridgehead atoms. The number of pyridine rings is 1. The van der Waals surface area contributed by atoms with E-state index in [0.717, 1.165) is 12.8 Å². The van der Waals surface area contributed by atoms with Gasteiger partial charge in [-0.05, 0) is 33.4 Å². The molecule has 0 saturated carbocycles. The van der Waals surface area contributed by atoms with Crippen LogP contribution in [0.1, 0.15) is 22.3 Å². The minimum atomic E-state index is 0.979. The highest BCUT2D eigenvalue weighted by Crippen LogP contribution is 2.48. The molecule has 0 saturated heterocycles. The van der Waals surface area contributed by atoms with E-state index < -0.39 is 0 Å². The second-order valence-electron chi connectivity index (χ2n) is 7.17. The zero-order valence-corrected chi connectivity index (χ0v) is 14.4. The molecule has 3 aromatic carbocycles. The highest BCUT2D eigenvalue weighted by Gasteiger charge is 2.31. The zero-order chi connectivity index (χ0) is 17.1. The first-order chi connectivity index (χ1) is 12.9. The molecule has 1 nitrogen and oxygen atoms in total. The van der Waals surface area contributed by atoms with E-state index in [2.05, 4.69) is 78.9 Å². The van der Waals surface area contributed by atoms with Crippen molar-refractivity contribution in [3.05, 3.63) is 101 Å². The van der Waals surface area contributed by atoms with Gasteiger partial charge in [0.25, 0.3) is 0 Å². The first-order valence-electron chi connectivity index (χ1n) is 9.18. The average Bonchev–Trinajstić information content (AvgIpc) is 3.25. The highest BCUT2D eigenvalue weighted by atomic mass is 14.8. The van der Waals surface area contributed by atoms with Crippen molar-refractivity contribution in [3.8, 4) is 33.6 Å². The molecule has 2 aliphatic rings. The number of rotatable bonds is 1. The Bertz CT molecular complexity index is 1100. The fourth-order valence-corrected chi connectivity index (χ4v) is 4.60. The molecule has 26 heavy (non-hydrogen) atoms. The van der Waals surface area contributed by atoms with E-state index in [-0.39, 0.29) is 0 Å². The number of benzene rings is 3. The quantitative estimate of drug-likeness (QED) is 0.366. The SMILES string of the molecule is c1ccc(-c2c3c(nc4c2Cc2ccccc2-4)-c2ccccc2C3)cc1. The Morgan fingerprint density at radius 2 is 1.04 bits per heavy atom. The lowest BCUT2D eigenvalue weighted by Crippen LogP contribution is -1.98. The van der Waals surface area contributed by atoms with E-state index in [1.807, 2.05) is 0 Å². The molecule has 1 aromatic heterocycles. The molecule has 0 amide bonds. The van der Waals surface area contributed by atoms with Gasteiger partial charge in [0.15, 0.2) is 0 Å². The van der Waals surface area contributed by atoms with Crippen LogP contribution in [-0.4, -0.2) is 4.98 Å². The van der Waals surface area contributed by atoms with Crippen LogP contribution < -0.4 is 0 Å². The predicted molar refractivity (Wildman–Crippen MR) is 106 cm³/mol. The zero-order valence-electron chi connectivity index (χ0n) is 14.4. The van der Waals surface area contributed by atoms with Gasteiger partial charge >= 0.3 is 0 Å². The Kier molecular flexibility index (Phi) is 2.78. The molecule has 0 spiro atoms. The number of hydrogen-bond donors (Lipinski definition) is 0. The van der Waals surface area contributed by atoms with Crippen LogP contribution in [0.25, 0.3) is 33.6 Å². The second-order valence-corrected chi connectivity index (χ2v) is 7.17. The molecule has 0 N–H and O–H groups in total. The molecular formula is C25H17N. The van der Waals surface area contributed by atoms with Crippen molar-refractivity contribution in [2.24, 2.45) is 0 Å². The fraction of sp³-hybridized carbons (Fsp3) is 0.0800. The van der Waals surface area contributed by atoms with Crippen LogP contribution in [0.2, 0.25) is 0 Å². The van der Waals surface area contributed by atoms with E-state index in [1.54, 1.807) is 0 Å². The summed E-state index contributed by atoms with van der Waals surface area (Å²) in [5.74, 6) is 0. The topological polar surface area (TPSA) is 12.9 Å². The summed E-state index contributed by atoms with van der Waals surface area (Å²) in [5, 5.41) is 0. The van der Waals surface area contributed by atoms with E-state index in [0.29, 0.717) is 0 Å². The second kappa shape index (κ2) is 5.15. The summed E-state index contributed by atoms with van der Waals surface area (Å²) in [6, 6.07) is 28.3. The van der Waals surface area contributed by atoms with E-state index >= 15 is 0 Å². The first kappa shape index (κ1) is 14.0. The minimum absolute atomic E-state index is 0.979. The van der Waals surface area contributed by atoms with E-state index in [4.69, 9.17) is 4.98 Å². The molecule has 1 heteroatoms. The van der Waals surface area contributed by atoms with Gasteiger partial charge < -0.3 is 0 Å². The molecule has 1 heterocycles. The van der Waals surface area contributed by atoms with Gasteiger partial charge in [-0.1, -0.05) is 78.9 Å². The van der Waals surface area contributed by atoms with Crippen molar-refractivity contribution in [2.75, 3.05) is 0 Å². The smallest absolute Gasteiger partial charge is 0.0754 e. The Labute approximate surface area is 153 Å². The maximum atomic E-state index is 5.20. The van der Waals surface area contributed by atoms with Crippen LogP contribution in [0.3, 0.4) is 0 Å². The monoisotopic (exact) mass is 331 g/mol. The average molecular weight is 331 g/mol. The third kappa shape index (κ3) is 1.83. The third-order valence-electron chi connectivity index (χ3n) is 5.74. The molecule has 0 aliphatic heterocycles. The van der Waals surface area contributed by atoms with Crippen LogP contribution in [0, 0.1) is 0 Å². The molecule has 0 atom stereocenters. The van der Waals surface area contributed by atoms with Crippen molar-refractivity contribution in [2.45, 2.75) is 12.8 Å². The van der Waals surface area contributed by atoms with Gasteiger partial charge in [0.1, 0.15) is 0 Å². The molecule has 0 unspecified atom stereocenters. The lowest BCUT2D eigenvalue weighted by molar-refractivity contribution is 1.18. The number of aromatic nitrogens is 1. The van der Waals surface area contributed by atoms with Crippen molar-refractivity contribution in [1.29, 1.82) is 0 Å². The molecule has 6 rings (SSSR count). The normalized spacial score (nSPS) is 13.1. The largest absolute Gasteiger partial charge is 0.247 e. The van der Waals surface area contributed by atoms with Crippen LogP contribution >= 0.6 is 0 Å². The van der Waals surface area contributed by atoms with Crippen LogP contribution in [0.4, 0.5) is 0 Å². The molecule has 0 radical (unpaired) electrons. The van der Waals surface area contributed by atoms with E-state index in [1.165, 1.54) is 55.9 Å². The fourth-order valence-electron chi connectivity index (χ4n) is 4.60. The molecule has 4 aromatic rings. The van der Waals surface area contributed by atoms with Crippen LogP contribution in [0.15, 0.2) is 78.9 Å². The lowest BCUT2D eigenvalue weighted by atomic mass is 9.92. The summed E-state index contributed by atoms with van der Waals surface area (Å²) in [5.41, 5.74) is 13.2. The maximum Gasteiger partial charge on any atom is 0.0754 e. The third-order valence-corrected chi connectivity index (χ3v) is 5.74. The van der Waals surface area contributed by atoms with Crippen molar-refractivity contribution < 1.29 is 0 Å². The summed E-state index contributed by atoms with van der Waals surface area (Å²) in [6.45, 7) is 0. The standard InChI is InChI=1S/C25H17N/c1-2-8-16(9-3-1)23-21-14-17-10-4-6-12-19(17)24(21)26-25-20-13-7-5-11-18(20)15-22(23)25/h1-13H,14-15H2. The summed E-state index contributed by atoms with van der Waals surface area (Å²) in [4.78, 5) is 5.20. The Morgan fingerprint density at radius 1 is 0.538 bits per heavy atom. The minimum Gasteiger partial charge on any atom is -0.247 e. The van der Waals surface area contributed by atoms with Gasteiger partial charge in [-0.3, -0.25) is 0 Å². The van der Waals surface area contributed by atoms with Gasteiger partial charge in [0.2, 0.25) is 0 Å². The highest BCUT2D eigenvalue weighted by molar-refractivity contribution is 5.91. The van der Waals surface area contributed by atoms with E-state index in [9.17, 15) is 0 Å². The Hall–Kier alpha value is -3.19. The van der Waals surface area contributed by atoms with Crippen molar-refractivity contribution >= 4 is 0 Å². The molecule has 0 fully saturated rings. The lowest BCUT2D eigenvalue weighted by Gasteiger charge is -2.15. The summed E-state index contributed by atoms with van der Waals surface area (Å²) in [6.07, 6.45) is 1.96. The molecule has 2 aliphatic carbocycles. The van der Waals surface area contributed by atoms with Gasteiger partial charge in [-0.15, -0.1) is 0 Å². The van der Waals surface area contributed by atoms with Gasteiger partial charge in [0.05, 0.1) is 11.4 Å². The van der Waals surface area contributed by atoms with Crippen molar-refractivity contribution in [1.82, 2.24) is 4.98 Å². The maximum absolute atomic E-state index is 5.20. The predicted octanol–water partition coefficient (Wildman–Crippen LogP) is 5.89. The van der Waals surface area contributed by atoms with Gasteiger partial charge in [0, 0.05) is 24.0 Å². The molecular weight excluding hydrogens is 314 g/mol. The summed E-state index contributed by atoms with van der Waals surface area (Å²) >= 11 is 0. The van der Waals surface area contributed by atoms with Gasteiger partial charge in [-0.25, -0.2) is 4.98 Å². The Morgan fingerprint density at radius 3 is 1.62 bits per heavy atom. The number of nitrogens with zero attached hydrogens (tertiary/aromatic N) is 1. The Balaban J connectivity index is 1.72. The summed E-state index contributed by atoms with van der Waals surface area (Å²) in [7, 11) is 0. The molecule has 122 valence electrons. The number of hydrogen-bond acceptors (Lipinski definition) is 1. The van der Waals surface area contributed by atoms with Crippen LogP contribution in [-0.2, 0) is 12.8 Å². The number of fused-ring (bicyclic) bond motifs is 6. The van der Waals surface area contributed by atoms with Crippen LogP contribution in [0.5, 0.6) is 0 Å². The summed E-state index contributed by atoms with van der Waals surface area (Å²) < 4.78 is 0. The van der Waals surface area contributed by atoms with Crippen molar-refractivity contribution in [3.63, 3.8) is 0 Å². The van der Waals surface area contributed by atoms with Gasteiger partial charge in [-0.2, -0.15) is 0 Å². The first-order valence-corrected chi connectivity index (χ1v) is 9.18.